The molecular formula is C20H28O4. The van der Waals surface area contributed by atoms with E-state index in [2.05, 4.69) is 6.58 Å². The zero-order chi connectivity index (χ0) is 17.6. The second kappa shape index (κ2) is 8.34. The third-order valence-corrected chi connectivity index (χ3v) is 5.00. The van der Waals surface area contributed by atoms with E-state index >= 15 is 0 Å². The van der Waals surface area contributed by atoms with E-state index in [-0.39, 0.29) is 5.92 Å². The quantitative estimate of drug-likeness (QED) is 0.559. The van der Waals surface area contributed by atoms with Gasteiger partial charge in [0.1, 0.15) is 5.75 Å². The summed E-state index contributed by atoms with van der Waals surface area (Å²) in [4.78, 5) is 11.9. The number of hydrogen-bond donors (Lipinski definition) is 2. The molecule has 3 unspecified atom stereocenters. The Morgan fingerprint density at radius 1 is 1.50 bits per heavy atom. The summed E-state index contributed by atoms with van der Waals surface area (Å²) in [5.41, 5.74) is -0.391. The highest BCUT2D eigenvalue weighted by Gasteiger charge is 2.44. The number of phenols is 1. The van der Waals surface area contributed by atoms with E-state index in [1.54, 1.807) is 13.0 Å². The van der Waals surface area contributed by atoms with Crippen molar-refractivity contribution in [2.45, 2.75) is 57.0 Å². The number of carbonyl (C=O) groups excluding carboxylic acids is 1. The zero-order valence-corrected chi connectivity index (χ0v) is 14.4. The van der Waals surface area contributed by atoms with Gasteiger partial charge in [-0.1, -0.05) is 37.1 Å². The molecule has 24 heavy (non-hydrogen) atoms. The topological polar surface area (TPSA) is 66.8 Å². The van der Waals surface area contributed by atoms with E-state index < -0.39 is 11.6 Å². The Bertz CT molecular complexity index is 569. The van der Waals surface area contributed by atoms with Gasteiger partial charge in [-0.15, -0.1) is 6.58 Å². The fourth-order valence-corrected chi connectivity index (χ4v) is 3.65. The van der Waals surface area contributed by atoms with Crippen molar-refractivity contribution in [3.8, 4) is 5.75 Å². The summed E-state index contributed by atoms with van der Waals surface area (Å²) in [7, 11) is 0. The molecule has 1 aromatic carbocycles. The highest BCUT2D eigenvalue weighted by molar-refractivity contribution is 5.79. The maximum atomic E-state index is 11.9. The lowest BCUT2D eigenvalue weighted by atomic mass is 9.90. The van der Waals surface area contributed by atoms with Crippen LogP contribution in [0.25, 0.3) is 0 Å². The van der Waals surface area contributed by atoms with Crippen LogP contribution in [0.4, 0.5) is 0 Å². The van der Waals surface area contributed by atoms with E-state index in [1.807, 2.05) is 24.3 Å². The molecule has 1 aromatic rings. The summed E-state index contributed by atoms with van der Waals surface area (Å²) >= 11 is 0. The monoisotopic (exact) mass is 332 g/mol. The Balaban J connectivity index is 1.83. The number of hydrogen-bond acceptors (Lipinski definition) is 4. The minimum absolute atomic E-state index is 0.122. The van der Waals surface area contributed by atoms with Crippen LogP contribution in [0.5, 0.6) is 5.75 Å². The van der Waals surface area contributed by atoms with Crippen LogP contribution < -0.4 is 0 Å². The molecular weight excluding hydrogens is 304 g/mol. The second-order valence-corrected chi connectivity index (χ2v) is 6.69. The molecule has 1 aliphatic carbocycles. The number of para-hydroxylation sites is 1. The molecule has 1 aliphatic rings. The van der Waals surface area contributed by atoms with E-state index in [4.69, 9.17) is 4.74 Å². The first-order chi connectivity index (χ1) is 11.5. The predicted molar refractivity (Wildman–Crippen MR) is 93.8 cm³/mol. The summed E-state index contributed by atoms with van der Waals surface area (Å²) in [6, 6.07) is 7.36. The minimum Gasteiger partial charge on any atom is -0.508 e. The first-order valence-corrected chi connectivity index (χ1v) is 8.80. The van der Waals surface area contributed by atoms with Gasteiger partial charge in [-0.3, -0.25) is 0 Å². The maximum absolute atomic E-state index is 11.9. The van der Waals surface area contributed by atoms with Crippen LogP contribution in [0.15, 0.2) is 36.9 Å². The third-order valence-electron chi connectivity index (χ3n) is 5.00. The molecule has 3 atom stereocenters. The number of phenolic OH excluding ortho intramolecular Hbond substituents is 1. The number of rotatable bonds is 8. The SMILES string of the molecule is C=CC(CCCC1CCC(O)(C(=O)OCC)C1)c1ccccc1O. The van der Waals surface area contributed by atoms with Gasteiger partial charge in [-0.25, -0.2) is 4.79 Å². The number of esters is 1. The average Bonchev–Trinajstić information content (AvgIpc) is 2.96. The number of carbonyl (C=O) groups is 1. The van der Waals surface area contributed by atoms with E-state index in [1.165, 1.54) is 0 Å². The van der Waals surface area contributed by atoms with Crippen molar-refractivity contribution in [3.05, 3.63) is 42.5 Å². The summed E-state index contributed by atoms with van der Waals surface area (Å²) in [6.07, 6.45) is 6.52. The van der Waals surface area contributed by atoms with Gasteiger partial charge < -0.3 is 14.9 Å². The minimum atomic E-state index is -1.30. The van der Waals surface area contributed by atoms with Crippen molar-refractivity contribution >= 4 is 5.97 Å². The molecule has 0 amide bonds. The number of benzene rings is 1. The Labute approximate surface area is 144 Å². The van der Waals surface area contributed by atoms with Crippen molar-refractivity contribution in [2.75, 3.05) is 6.61 Å². The van der Waals surface area contributed by atoms with Crippen LogP contribution in [0, 0.1) is 5.92 Å². The van der Waals surface area contributed by atoms with Crippen molar-refractivity contribution in [1.29, 1.82) is 0 Å². The molecule has 0 aromatic heterocycles. The first kappa shape index (κ1) is 18.5. The lowest BCUT2D eigenvalue weighted by molar-refractivity contribution is -0.164. The van der Waals surface area contributed by atoms with Crippen LogP contribution in [-0.2, 0) is 9.53 Å². The molecule has 0 saturated heterocycles. The van der Waals surface area contributed by atoms with Gasteiger partial charge >= 0.3 is 5.97 Å². The summed E-state index contributed by atoms with van der Waals surface area (Å²) in [5.74, 6) is 0.288. The molecule has 4 heteroatoms. The largest absolute Gasteiger partial charge is 0.508 e. The van der Waals surface area contributed by atoms with E-state index in [0.717, 1.165) is 31.2 Å². The van der Waals surface area contributed by atoms with E-state index in [0.29, 0.717) is 31.1 Å². The molecule has 0 heterocycles. The molecule has 1 fully saturated rings. The predicted octanol–water partition coefficient (Wildman–Crippen LogP) is 3.93. The van der Waals surface area contributed by atoms with Crippen LogP contribution in [0.1, 0.15) is 56.9 Å². The number of aliphatic hydroxyl groups is 1. The van der Waals surface area contributed by atoms with Gasteiger partial charge in [0.05, 0.1) is 6.61 Å². The normalized spacial score (nSPS) is 24.5. The lowest BCUT2D eigenvalue weighted by Crippen LogP contribution is -2.37. The van der Waals surface area contributed by atoms with Crippen molar-refractivity contribution in [1.82, 2.24) is 0 Å². The zero-order valence-electron chi connectivity index (χ0n) is 14.4. The highest BCUT2D eigenvalue weighted by Crippen LogP contribution is 2.39. The van der Waals surface area contributed by atoms with Gasteiger partial charge in [0.25, 0.3) is 0 Å². The van der Waals surface area contributed by atoms with Crippen molar-refractivity contribution < 1.29 is 19.7 Å². The standard InChI is InChI=1S/C20H28O4/c1-3-16(17-10-5-6-11-18(17)21)9-7-8-15-12-13-20(23,14-15)19(22)24-4-2/h3,5-6,10-11,15-16,21,23H,1,4,7-9,12-14H2,2H3. The van der Waals surface area contributed by atoms with E-state index in [9.17, 15) is 15.0 Å². The Kier molecular flexibility index (Phi) is 6.44. The third kappa shape index (κ3) is 4.38. The fourth-order valence-electron chi connectivity index (χ4n) is 3.65. The Hall–Kier alpha value is -1.81. The number of ether oxygens (including phenoxy) is 1. The van der Waals surface area contributed by atoms with Gasteiger partial charge in [-0.05, 0) is 44.6 Å². The van der Waals surface area contributed by atoms with Crippen LogP contribution in [0.2, 0.25) is 0 Å². The van der Waals surface area contributed by atoms with Gasteiger partial charge in [0.2, 0.25) is 0 Å². The van der Waals surface area contributed by atoms with Crippen molar-refractivity contribution in [3.63, 3.8) is 0 Å². The summed E-state index contributed by atoms with van der Waals surface area (Å²) < 4.78 is 4.98. The Morgan fingerprint density at radius 2 is 2.25 bits per heavy atom. The molecule has 0 radical (unpaired) electrons. The molecule has 1 saturated carbocycles. The first-order valence-electron chi connectivity index (χ1n) is 8.80. The fraction of sp³-hybridized carbons (Fsp3) is 0.550. The van der Waals surface area contributed by atoms with Crippen LogP contribution in [0.3, 0.4) is 0 Å². The molecule has 2 rings (SSSR count). The van der Waals surface area contributed by atoms with Gasteiger partial charge in [0, 0.05) is 11.5 Å². The average molecular weight is 332 g/mol. The smallest absolute Gasteiger partial charge is 0.338 e. The second-order valence-electron chi connectivity index (χ2n) is 6.69. The summed E-state index contributed by atoms with van der Waals surface area (Å²) in [6.45, 7) is 5.93. The molecule has 0 bridgehead atoms. The van der Waals surface area contributed by atoms with Crippen molar-refractivity contribution in [2.24, 2.45) is 5.92 Å². The van der Waals surface area contributed by atoms with Crippen LogP contribution >= 0.6 is 0 Å². The number of allylic oxidation sites excluding steroid dienone is 1. The van der Waals surface area contributed by atoms with Gasteiger partial charge in [-0.2, -0.15) is 0 Å². The molecule has 2 N–H and O–H groups in total. The maximum Gasteiger partial charge on any atom is 0.338 e. The summed E-state index contributed by atoms with van der Waals surface area (Å²) in [5, 5.41) is 20.4. The van der Waals surface area contributed by atoms with Gasteiger partial charge in [0.15, 0.2) is 5.60 Å². The van der Waals surface area contributed by atoms with Crippen LogP contribution in [-0.4, -0.2) is 28.4 Å². The Morgan fingerprint density at radius 3 is 2.92 bits per heavy atom. The number of aromatic hydroxyl groups is 1. The molecule has 0 aliphatic heterocycles. The molecule has 132 valence electrons. The molecule has 4 nitrogen and oxygen atoms in total. The molecule has 0 spiro atoms. The lowest BCUT2D eigenvalue weighted by Gasteiger charge is -2.20. The highest BCUT2D eigenvalue weighted by atomic mass is 16.5.